The molecule has 0 radical (unpaired) electrons. The lowest BCUT2D eigenvalue weighted by Gasteiger charge is -2.49. The summed E-state index contributed by atoms with van der Waals surface area (Å²) >= 11 is 9.65. The summed E-state index contributed by atoms with van der Waals surface area (Å²) in [6.07, 6.45) is 0. The van der Waals surface area contributed by atoms with Gasteiger partial charge in [-0.15, -0.1) is 28.2 Å². The van der Waals surface area contributed by atoms with Gasteiger partial charge in [0.15, 0.2) is 5.71 Å². The number of hydrogen-bond acceptors (Lipinski definition) is 15. The fraction of sp³-hybridized carbons (Fsp3) is 0.458. The molecule has 15 nitrogen and oxygen atoms in total. The van der Waals surface area contributed by atoms with Crippen molar-refractivity contribution in [2.45, 2.75) is 42.9 Å². The van der Waals surface area contributed by atoms with Crippen LogP contribution in [0, 0.1) is 0 Å². The van der Waals surface area contributed by atoms with E-state index >= 15 is 0 Å². The van der Waals surface area contributed by atoms with Crippen molar-refractivity contribution in [2.24, 2.45) is 12.2 Å². The van der Waals surface area contributed by atoms with E-state index < -0.39 is 47.4 Å². The first kappa shape index (κ1) is 32.4. The van der Waals surface area contributed by atoms with Crippen LogP contribution in [0.25, 0.3) is 0 Å². The molecule has 0 bridgehead atoms. The number of carbonyl (C=O) groups is 4. The maximum absolute atomic E-state index is 13.4. The number of esters is 2. The van der Waals surface area contributed by atoms with Gasteiger partial charge in [-0.25, -0.2) is 19.3 Å². The predicted octanol–water partition coefficient (Wildman–Crippen LogP) is 1.47. The quantitative estimate of drug-likeness (QED) is 0.113. The Morgan fingerprint density at radius 3 is 2.70 bits per heavy atom. The summed E-state index contributed by atoms with van der Waals surface area (Å²) in [5, 5.41) is 19.4. The zero-order chi connectivity index (χ0) is 31.3. The molecule has 43 heavy (non-hydrogen) atoms. The SMILES string of the molecule is C=C(Cl)COC(=O)C1=C(CSc2nnnn2C)CSC2C(NC(=O)/C(=N/OCC(=O)OC(C)(C)C)c3cscn3)C(=O)N12. The van der Waals surface area contributed by atoms with E-state index in [1.54, 1.807) is 33.2 Å². The molecule has 2 aliphatic rings. The molecule has 2 unspecified atom stereocenters. The molecular formula is C24H27ClN8O7S3. The first-order chi connectivity index (χ1) is 20.4. The van der Waals surface area contributed by atoms with Gasteiger partial charge < -0.3 is 19.6 Å². The fourth-order valence-corrected chi connectivity index (χ4v) is 6.68. The van der Waals surface area contributed by atoms with E-state index in [1.807, 2.05) is 0 Å². The van der Waals surface area contributed by atoms with Gasteiger partial charge in [-0.05, 0) is 36.8 Å². The highest BCUT2D eigenvalue weighted by atomic mass is 35.5. The third-order valence-electron chi connectivity index (χ3n) is 5.49. The number of nitrogens with one attached hydrogen (secondary N) is 1. The number of ether oxygens (including phenoxy) is 2. The van der Waals surface area contributed by atoms with Crippen molar-refractivity contribution in [3.8, 4) is 0 Å². The smallest absolute Gasteiger partial charge is 0.355 e. The van der Waals surface area contributed by atoms with E-state index in [9.17, 15) is 19.2 Å². The van der Waals surface area contributed by atoms with Crippen molar-refractivity contribution in [2.75, 3.05) is 24.7 Å². The molecule has 19 heteroatoms. The summed E-state index contributed by atoms with van der Waals surface area (Å²) in [6, 6.07) is -0.991. The fourth-order valence-electron chi connectivity index (χ4n) is 3.75. The number of fused-ring (bicyclic) bond motifs is 1. The number of aromatic nitrogens is 5. The van der Waals surface area contributed by atoms with Crippen LogP contribution in [0.2, 0.25) is 0 Å². The average molecular weight is 671 g/mol. The van der Waals surface area contributed by atoms with Crippen molar-refractivity contribution in [3.63, 3.8) is 0 Å². The number of tetrazole rings is 1. The molecule has 1 fully saturated rings. The van der Waals surface area contributed by atoms with Gasteiger partial charge in [0, 0.05) is 29.0 Å². The highest BCUT2D eigenvalue weighted by Gasteiger charge is 2.54. The van der Waals surface area contributed by atoms with Crippen molar-refractivity contribution in [1.29, 1.82) is 0 Å². The molecule has 4 heterocycles. The number of amides is 2. The first-order valence-electron chi connectivity index (χ1n) is 12.5. The van der Waals surface area contributed by atoms with Crippen LogP contribution < -0.4 is 5.32 Å². The number of hydrogen-bond donors (Lipinski definition) is 1. The van der Waals surface area contributed by atoms with Crippen molar-refractivity contribution >= 4 is 75.9 Å². The van der Waals surface area contributed by atoms with Crippen molar-refractivity contribution in [1.82, 2.24) is 35.4 Å². The summed E-state index contributed by atoms with van der Waals surface area (Å²) in [5.74, 6) is -2.05. The zero-order valence-electron chi connectivity index (χ0n) is 23.4. The van der Waals surface area contributed by atoms with E-state index in [0.717, 1.165) is 0 Å². The minimum atomic E-state index is -0.991. The molecule has 1 saturated heterocycles. The second-order valence-electron chi connectivity index (χ2n) is 9.95. The largest absolute Gasteiger partial charge is 0.457 e. The monoisotopic (exact) mass is 670 g/mol. The van der Waals surface area contributed by atoms with Crippen molar-refractivity contribution in [3.05, 3.63) is 39.5 Å². The Kier molecular flexibility index (Phi) is 10.5. The van der Waals surface area contributed by atoms with Gasteiger partial charge in [0.2, 0.25) is 11.8 Å². The van der Waals surface area contributed by atoms with Gasteiger partial charge in [0.05, 0.1) is 5.51 Å². The molecule has 1 N–H and O–H groups in total. The lowest BCUT2D eigenvalue weighted by molar-refractivity contribution is -0.160. The van der Waals surface area contributed by atoms with Crippen LogP contribution in [0.15, 0.2) is 44.1 Å². The Morgan fingerprint density at radius 2 is 2.07 bits per heavy atom. The second-order valence-corrected chi connectivity index (χ2v) is 13.3. The van der Waals surface area contributed by atoms with Crippen LogP contribution in [-0.4, -0.2) is 101 Å². The summed E-state index contributed by atoms with van der Waals surface area (Å²) < 4.78 is 11.9. The number of thiazole rings is 1. The molecule has 2 atom stereocenters. The minimum absolute atomic E-state index is 0.0638. The standard InChI is InChI=1S/C24H27ClN8O7S3/c1-12(25)6-38-22(37)18-13(9-43-23-28-30-31-32(23)5)8-42-21-17(20(36)33(18)21)27-19(35)16(14-10-41-11-26-14)29-39-7-15(34)40-24(2,3)4/h10-11,17,21H,1,6-9H2,2-5H3,(H,27,35)/b29-16+. The van der Waals surface area contributed by atoms with Gasteiger partial charge in [-0.2, -0.15) is 0 Å². The molecule has 2 aromatic heterocycles. The number of oxime groups is 1. The Morgan fingerprint density at radius 1 is 1.30 bits per heavy atom. The highest BCUT2D eigenvalue weighted by molar-refractivity contribution is 8.01. The van der Waals surface area contributed by atoms with Crippen LogP contribution in [0.5, 0.6) is 0 Å². The number of nitrogens with zero attached hydrogens (tertiary/aromatic N) is 7. The summed E-state index contributed by atoms with van der Waals surface area (Å²) in [4.78, 5) is 62.3. The molecule has 0 saturated carbocycles. The van der Waals surface area contributed by atoms with Crippen LogP contribution in [0.4, 0.5) is 0 Å². The lowest BCUT2D eigenvalue weighted by Crippen LogP contribution is -2.71. The molecule has 0 aromatic carbocycles. The number of halogens is 1. The van der Waals surface area contributed by atoms with E-state index in [-0.39, 0.29) is 28.7 Å². The number of carbonyl (C=O) groups excluding carboxylic acids is 4. The number of aryl methyl sites for hydroxylation is 1. The van der Waals surface area contributed by atoms with Gasteiger partial charge in [0.1, 0.15) is 35.0 Å². The Balaban J connectivity index is 1.49. The number of thioether (sulfide) groups is 2. The average Bonchev–Trinajstić information content (AvgIpc) is 3.61. The zero-order valence-corrected chi connectivity index (χ0v) is 26.6. The maximum atomic E-state index is 13.4. The van der Waals surface area contributed by atoms with Crippen LogP contribution >= 0.6 is 46.5 Å². The highest BCUT2D eigenvalue weighted by Crippen LogP contribution is 2.42. The van der Waals surface area contributed by atoms with Crippen LogP contribution in [-0.2, 0) is 40.5 Å². The number of rotatable bonds is 12. The molecule has 2 aliphatic heterocycles. The Bertz CT molecular complexity index is 1470. The molecule has 2 amide bonds. The third kappa shape index (κ3) is 8.12. The van der Waals surface area contributed by atoms with E-state index in [4.69, 9.17) is 25.9 Å². The van der Waals surface area contributed by atoms with Gasteiger partial charge in [0.25, 0.3) is 11.8 Å². The number of β-lactam (4-membered cyclic amide) rings is 1. The first-order valence-corrected chi connectivity index (χ1v) is 15.8. The van der Waals surface area contributed by atoms with E-state index in [1.165, 1.54) is 50.0 Å². The molecular weight excluding hydrogens is 644 g/mol. The van der Waals surface area contributed by atoms with Gasteiger partial charge in [-0.3, -0.25) is 14.5 Å². The molecule has 4 rings (SSSR count). The van der Waals surface area contributed by atoms with Gasteiger partial charge in [-0.1, -0.05) is 35.1 Å². The van der Waals surface area contributed by atoms with Crippen LogP contribution in [0.1, 0.15) is 26.5 Å². The second kappa shape index (κ2) is 13.9. The van der Waals surface area contributed by atoms with E-state index in [0.29, 0.717) is 22.2 Å². The summed E-state index contributed by atoms with van der Waals surface area (Å²) in [6.45, 7) is 7.86. The maximum Gasteiger partial charge on any atom is 0.355 e. The molecule has 230 valence electrons. The molecule has 2 aromatic rings. The van der Waals surface area contributed by atoms with Gasteiger partial charge >= 0.3 is 11.9 Å². The topological polar surface area (TPSA) is 180 Å². The molecule has 0 aliphatic carbocycles. The van der Waals surface area contributed by atoms with Crippen molar-refractivity contribution < 1.29 is 33.5 Å². The molecule has 0 spiro atoms. The third-order valence-corrected chi connectivity index (χ3v) is 8.62. The summed E-state index contributed by atoms with van der Waals surface area (Å²) in [7, 11) is 1.68. The van der Waals surface area contributed by atoms with Crippen LogP contribution in [0.3, 0.4) is 0 Å². The Hall–Kier alpha value is -3.48. The summed E-state index contributed by atoms with van der Waals surface area (Å²) in [5.41, 5.74) is 1.41. The van der Waals surface area contributed by atoms with E-state index in [2.05, 4.69) is 37.6 Å². The minimum Gasteiger partial charge on any atom is -0.457 e. The normalized spacial score (nSPS) is 18.5. The Labute approximate surface area is 263 Å². The lowest BCUT2D eigenvalue weighted by atomic mass is 10.0. The predicted molar refractivity (Wildman–Crippen MR) is 158 cm³/mol.